The number of nitrogens with one attached hydrogen (secondary N) is 1. The van der Waals surface area contributed by atoms with Gasteiger partial charge in [-0.1, -0.05) is 0 Å². The van der Waals surface area contributed by atoms with Gasteiger partial charge in [-0.15, -0.1) is 0 Å². The van der Waals surface area contributed by atoms with Gasteiger partial charge in [0.15, 0.2) is 0 Å². The van der Waals surface area contributed by atoms with Crippen LogP contribution in [0.25, 0.3) is 0 Å². The van der Waals surface area contributed by atoms with Gasteiger partial charge >= 0.3 is 0 Å². The number of amides is 1. The van der Waals surface area contributed by atoms with Crippen LogP contribution in [0.4, 0.5) is 0 Å². The third-order valence-corrected chi connectivity index (χ3v) is 3.09. The Morgan fingerprint density at radius 1 is 1.72 bits per heavy atom. The van der Waals surface area contributed by atoms with Crippen LogP contribution in [0.1, 0.15) is 23.7 Å². The monoisotopic (exact) mass is 251 g/mol. The first-order valence-corrected chi connectivity index (χ1v) is 5.94. The number of ether oxygens (including phenoxy) is 1. The van der Waals surface area contributed by atoms with Gasteiger partial charge in [0, 0.05) is 18.8 Å². The number of rotatable bonds is 4. The first-order chi connectivity index (χ1) is 8.63. The number of aromatic hydroxyl groups is 1. The molecule has 3 unspecified atom stereocenters. The van der Waals surface area contributed by atoms with Crippen molar-refractivity contribution < 1.29 is 14.6 Å². The highest BCUT2D eigenvalue weighted by molar-refractivity contribution is 5.96. The zero-order valence-corrected chi connectivity index (χ0v) is 10.2. The van der Waals surface area contributed by atoms with Crippen molar-refractivity contribution in [2.24, 2.45) is 5.73 Å². The van der Waals surface area contributed by atoms with Gasteiger partial charge in [-0.05, 0) is 19.4 Å². The van der Waals surface area contributed by atoms with Crippen molar-refractivity contribution in [2.45, 2.75) is 31.5 Å². The molecule has 0 aliphatic heterocycles. The molecular weight excluding hydrogens is 234 g/mol. The average Bonchev–Trinajstić information content (AvgIpc) is 2.36. The Balaban J connectivity index is 2.01. The van der Waals surface area contributed by atoms with Crippen molar-refractivity contribution in [2.75, 3.05) is 6.61 Å². The Hall–Kier alpha value is -1.66. The highest BCUT2D eigenvalue weighted by Crippen LogP contribution is 2.23. The average molecular weight is 251 g/mol. The van der Waals surface area contributed by atoms with Gasteiger partial charge in [-0.25, -0.2) is 0 Å². The molecule has 0 spiro atoms. The molecule has 1 aliphatic carbocycles. The van der Waals surface area contributed by atoms with E-state index in [-0.39, 0.29) is 35.4 Å². The summed E-state index contributed by atoms with van der Waals surface area (Å²) in [6.45, 7) is 2.49. The normalized spacial score (nSPS) is 26.4. The standard InChI is InChI=1S/C12H17N3O3/c1-2-18-10-5-8(13)11(10)15-12(17)7-3-4-14-6-9(7)16/h3-4,6,8,10-11,16H,2,5,13H2,1H3,(H,15,17). The number of nitrogens with two attached hydrogens (primary N) is 1. The molecule has 98 valence electrons. The SMILES string of the molecule is CCOC1CC(N)C1NC(=O)c1ccncc1O. The van der Waals surface area contributed by atoms with Crippen LogP contribution >= 0.6 is 0 Å². The van der Waals surface area contributed by atoms with E-state index in [1.165, 1.54) is 18.5 Å². The number of aromatic nitrogens is 1. The molecule has 0 bridgehead atoms. The van der Waals surface area contributed by atoms with Gasteiger partial charge in [0.2, 0.25) is 0 Å². The quantitative estimate of drug-likeness (QED) is 0.701. The molecule has 3 atom stereocenters. The molecule has 1 aliphatic rings. The first-order valence-electron chi connectivity index (χ1n) is 5.94. The summed E-state index contributed by atoms with van der Waals surface area (Å²) >= 11 is 0. The molecule has 18 heavy (non-hydrogen) atoms. The molecular formula is C12H17N3O3. The van der Waals surface area contributed by atoms with Crippen molar-refractivity contribution in [1.82, 2.24) is 10.3 Å². The first kappa shape index (κ1) is 12.8. The van der Waals surface area contributed by atoms with Crippen LogP contribution < -0.4 is 11.1 Å². The molecule has 0 saturated heterocycles. The summed E-state index contributed by atoms with van der Waals surface area (Å²) in [5.74, 6) is -0.504. The summed E-state index contributed by atoms with van der Waals surface area (Å²) in [6.07, 6.45) is 3.38. The lowest BCUT2D eigenvalue weighted by molar-refractivity contribution is -0.0300. The summed E-state index contributed by atoms with van der Waals surface area (Å²) in [6, 6.07) is 1.16. The smallest absolute Gasteiger partial charge is 0.255 e. The maximum atomic E-state index is 12.0. The number of carbonyl (C=O) groups excluding carboxylic acids is 1. The lowest BCUT2D eigenvalue weighted by Gasteiger charge is -2.42. The third kappa shape index (κ3) is 2.44. The molecule has 1 aromatic heterocycles. The van der Waals surface area contributed by atoms with Crippen molar-refractivity contribution in [3.05, 3.63) is 24.0 Å². The Morgan fingerprint density at radius 2 is 2.50 bits per heavy atom. The Morgan fingerprint density at radius 3 is 3.11 bits per heavy atom. The zero-order chi connectivity index (χ0) is 13.1. The molecule has 1 amide bonds. The van der Waals surface area contributed by atoms with Crippen LogP contribution in [-0.4, -0.2) is 40.8 Å². The van der Waals surface area contributed by atoms with Crippen molar-refractivity contribution in [3.8, 4) is 5.75 Å². The minimum absolute atomic E-state index is 0.0436. The minimum Gasteiger partial charge on any atom is -0.505 e. The predicted molar refractivity (Wildman–Crippen MR) is 65.2 cm³/mol. The molecule has 6 nitrogen and oxygen atoms in total. The van der Waals surface area contributed by atoms with E-state index in [1.54, 1.807) is 0 Å². The number of nitrogens with zero attached hydrogens (tertiary/aromatic N) is 1. The molecule has 4 N–H and O–H groups in total. The number of hydrogen-bond donors (Lipinski definition) is 3. The van der Waals surface area contributed by atoms with E-state index in [0.717, 1.165) is 6.42 Å². The third-order valence-electron chi connectivity index (χ3n) is 3.09. The van der Waals surface area contributed by atoms with E-state index in [9.17, 15) is 9.90 Å². The summed E-state index contributed by atoms with van der Waals surface area (Å²) in [4.78, 5) is 15.7. The van der Waals surface area contributed by atoms with Gasteiger partial charge in [-0.3, -0.25) is 9.78 Å². The predicted octanol–water partition coefficient (Wildman–Crippen LogP) is 0.0217. The van der Waals surface area contributed by atoms with E-state index in [0.29, 0.717) is 6.61 Å². The van der Waals surface area contributed by atoms with E-state index >= 15 is 0 Å². The molecule has 1 fully saturated rings. The highest BCUT2D eigenvalue weighted by atomic mass is 16.5. The minimum atomic E-state index is -0.361. The van der Waals surface area contributed by atoms with Crippen LogP contribution in [0.15, 0.2) is 18.5 Å². The van der Waals surface area contributed by atoms with Gasteiger partial charge < -0.3 is 20.9 Å². The molecule has 1 saturated carbocycles. The van der Waals surface area contributed by atoms with Gasteiger partial charge in [0.25, 0.3) is 5.91 Å². The molecule has 1 aromatic rings. The van der Waals surface area contributed by atoms with E-state index in [1.807, 2.05) is 6.92 Å². The van der Waals surface area contributed by atoms with Crippen molar-refractivity contribution >= 4 is 5.91 Å². The lowest BCUT2D eigenvalue weighted by atomic mass is 9.83. The largest absolute Gasteiger partial charge is 0.505 e. The Kier molecular flexibility index (Phi) is 3.78. The van der Waals surface area contributed by atoms with Crippen molar-refractivity contribution in [1.29, 1.82) is 0 Å². The highest BCUT2D eigenvalue weighted by Gasteiger charge is 2.40. The maximum absolute atomic E-state index is 12.0. The molecule has 0 aromatic carbocycles. The summed E-state index contributed by atoms with van der Waals surface area (Å²) in [5.41, 5.74) is 6.03. The number of hydrogen-bond acceptors (Lipinski definition) is 5. The van der Waals surface area contributed by atoms with Crippen LogP contribution in [0, 0.1) is 0 Å². The van der Waals surface area contributed by atoms with Crippen LogP contribution in [0.5, 0.6) is 5.75 Å². The second kappa shape index (κ2) is 5.32. The second-order valence-electron chi connectivity index (χ2n) is 4.29. The van der Waals surface area contributed by atoms with Gasteiger partial charge in [0.05, 0.1) is 23.9 Å². The summed E-state index contributed by atoms with van der Waals surface area (Å²) in [5, 5.41) is 12.3. The molecule has 0 radical (unpaired) electrons. The van der Waals surface area contributed by atoms with E-state index in [4.69, 9.17) is 10.5 Å². The second-order valence-corrected chi connectivity index (χ2v) is 4.29. The number of carbonyl (C=O) groups is 1. The van der Waals surface area contributed by atoms with Crippen LogP contribution in [-0.2, 0) is 4.74 Å². The fourth-order valence-corrected chi connectivity index (χ4v) is 2.03. The topological polar surface area (TPSA) is 97.5 Å². The fraction of sp³-hybridized carbons (Fsp3) is 0.500. The van der Waals surface area contributed by atoms with Crippen molar-refractivity contribution in [3.63, 3.8) is 0 Å². The number of pyridine rings is 1. The summed E-state index contributed by atoms with van der Waals surface area (Å²) in [7, 11) is 0. The zero-order valence-electron chi connectivity index (χ0n) is 10.2. The van der Waals surface area contributed by atoms with Crippen LogP contribution in [0.2, 0.25) is 0 Å². The van der Waals surface area contributed by atoms with Gasteiger partial charge in [-0.2, -0.15) is 0 Å². The molecule has 2 rings (SSSR count). The Labute approximate surface area is 105 Å². The molecule has 6 heteroatoms. The van der Waals surface area contributed by atoms with Crippen LogP contribution in [0.3, 0.4) is 0 Å². The maximum Gasteiger partial charge on any atom is 0.255 e. The lowest BCUT2D eigenvalue weighted by Crippen LogP contribution is -2.64. The van der Waals surface area contributed by atoms with E-state index < -0.39 is 0 Å². The van der Waals surface area contributed by atoms with E-state index in [2.05, 4.69) is 10.3 Å². The van der Waals surface area contributed by atoms with Gasteiger partial charge in [0.1, 0.15) is 5.75 Å². The summed E-state index contributed by atoms with van der Waals surface area (Å²) < 4.78 is 5.46. The molecule has 1 heterocycles. The fourth-order valence-electron chi connectivity index (χ4n) is 2.03. The Bertz CT molecular complexity index is 436.